The second-order valence-electron chi connectivity index (χ2n) is 5.92. The molecule has 0 saturated heterocycles. The van der Waals surface area contributed by atoms with Crippen molar-refractivity contribution >= 4 is 62.3 Å². The third kappa shape index (κ3) is 4.79. The fraction of sp³-hybridized carbons (Fsp3) is 0.0625. The van der Waals surface area contributed by atoms with Crippen LogP contribution in [-0.2, 0) is 16.2 Å². The van der Waals surface area contributed by atoms with Crippen LogP contribution in [0, 0.1) is 5.82 Å². The van der Waals surface area contributed by atoms with Crippen molar-refractivity contribution < 1.29 is 30.8 Å². The van der Waals surface area contributed by atoms with Gasteiger partial charge in [0, 0.05) is 5.02 Å². The van der Waals surface area contributed by atoms with E-state index in [1.807, 2.05) is 0 Å². The first-order valence-corrected chi connectivity index (χ1v) is 10.9. The van der Waals surface area contributed by atoms with E-state index in [4.69, 9.17) is 46.4 Å². The van der Waals surface area contributed by atoms with Gasteiger partial charge in [0.15, 0.2) is 11.4 Å². The summed E-state index contributed by atoms with van der Waals surface area (Å²) in [5.41, 5.74) is -4.00. The highest BCUT2D eigenvalue weighted by atomic mass is 35.5. The zero-order valence-electron chi connectivity index (χ0n) is 14.9. The van der Waals surface area contributed by atoms with Gasteiger partial charge in [0.25, 0.3) is 15.9 Å². The van der Waals surface area contributed by atoms with Gasteiger partial charge in [-0.25, -0.2) is 22.2 Å². The van der Waals surface area contributed by atoms with Gasteiger partial charge in [0.2, 0.25) is 0 Å². The highest BCUT2D eigenvalue weighted by Crippen LogP contribution is 2.35. The highest BCUT2D eigenvalue weighted by molar-refractivity contribution is 7.90. The molecule has 0 spiro atoms. The molecule has 0 aliphatic carbocycles. The van der Waals surface area contributed by atoms with E-state index in [2.05, 4.69) is 10.3 Å². The quantitative estimate of drug-likeness (QED) is 0.357. The maximum atomic E-state index is 14.1. The molecule has 0 aliphatic heterocycles. The van der Waals surface area contributed by atoms with Crippen LogP contribution < -0.4 is 4.72 Å². The van der Waals surface area contributed by atoms with Gasteiger partial charge in [-0.3, -0.25) is 4.79 Å². The molecule has 3 aromatic rings. The topological polar surface area (TPSA) is 93.9 Å². The lowest BCUT2D eigenvalue weighted by atomic mass is 10.2. The van der Waals surface area contributed by atoms with Crippen molar-refractivity contribution in [1.82, 2.24) is 19.7 Å². The summed E-state index contributed by atoms with van der Waals surface area (Å²) in [6.45, 7) is 0. The zero-order chi connectivity index (χ0) is 24.0. The van der Waals surface area contributed by atoms with Crippen molar-refractivity contribution in [2.45, 2.75) is 11.1 Å². The predicted molar refractivity (Wildman–Crippen MR) is 107 cm³/mol. The van der Waals surface area contributed by atoms with Gasteiger partial charge >= 0.3 is 6.18 Å². The number of amides is 1. The molecule has 2 aromatic carbocycles. The zero-order valence-corrected chi connectivity index (χ0v) is 18.7. The average Bonchev–Trinajstić information content (AvgIpc) is 3.09. The van der Waals surface area contributed by atoms with Gasteiger partial charge in [-0.2, -0.15) is 13.2 Å². The number of hydrogen-bond donors (Lipinski definition) is 1. The number of sulfonamides is 1. The van der Waals surface area contributed by atoms with Crippen molar-refractivity contribution in [2.24, 2.45) is 0 Å². The number of alkyl halides is 3. The minimum absolute atomic E-state index is 0.000663. The second kappa shape index (κ2) is 8.67. The molecule has 32 heavy (non-hydrogen) atoms. The number of benzene rings is 2. The van der Waals surface area contributed by atoms with Gasteiger partial charge < -0.3 is 0 Å². The fourth-order valence-corrected chi connectivity index (χ4v) is 4.56. The molecule has 7 nitrogen and oxygen atoms in total. The number of rotatable bonds is 4. The molecule has 0 aliphatic rings. The van der Waals surface area contributed by atoms with Gasteiger partial charge in [0.05, 0.1) is 15.1 Å². The second-order valence-corrected chi connectivity index (χ2v) is 9.23. The minimum atomic E-state index is -5.28. The Morgan fingerprint density at radius 1 is 1.00 bits per heavy atom. The molecule has 0 radical (unpaired) electrons. The Kier molecular flexibility index (Phi) is 6.64. The number of nitrogens with one attached hydrogen (secondary N) is 1. The highest BCUT2D eigenvalue weighted by Gasteiger charge is 2.43. The van der Waals surface area contributed by atoms with Crippen LogP contribution >= 0.6 is 46.4 Å². The number of carbonyl (C=O) groups excluding carboxylic acids is 1. The van der Waals surface area contributed by atoms with E-state index in [1.54, 1.807) is 0 Å². The van der Waals surface area contributed by atoms with Crippen LogP contribution in [0.2, 0.25) is 20.1 Å². The lowest BCUT2D eigenvalue weighted by Crippen LogP contribution is -2.33. The molecule has 0 saturated carbocycles. The van der Waals surface area contributed by atoms with E-state index < -0.39 is 54.9 Å². The molecular weight excluding hydrogens is 546 g/mol. The van der Waals surface area contributed by atoms with Crippen molar-refractivity contribution in [2.75, 3.05) is 0 Å². The molecule has 3 rings (SSSR count). The Hall–Kier alpha value is -2.12. The summed E-state index contributed by atoms with van der Waals surface area (Å²) in [6, 6.07) is 4.43. The number of nitrogens with zero attached hydrogens (tertiary/aromatic N) is 3. The summed E-state index contributed by atoms with van der Waals surface area (Å²) in [6.07, 6.45) is -5.28. The van der Waals surface area contributed by atoms with Crippen LogP contribution in [-0.4, -0.2) is 29.3 Å². The molecular formula is C16H6Cl4F4N4O3S. The molecule has 0 bridgehead atoms. The van der Waals surface area contributed by atoms with Crippen LogP contribution in [0.3, 0.4) is 0 Å². The summed E-state index contributed by atoms with van der Waals surface area (Å²) < 4.78 is 81.6. The van der Waals surface area contributed by atoms with Crippen molar-refractivity contribution in [1.29, 1.82) is 0 Å². The Bertz CT molecular complexity index is 1350. The smallest absolute Gasteiger partial charge is 0.266 e. The monoisotopic (exact) mass is 550 g/mol. The third-order valence-electron chi connectivity index (χ3n) is 3.78. The van der Waals surface area contributed by atoms with Gasteiger partial charge in [0.1, 0.15) is 16.4 Å². The first-order valence-electron chi connectivity index (χ1n) is 7.92. The third-order valence-corrected chi connectivity index (χ3v) is 6.54. The van der Waals surface area contributed by atoms with E-state index in [9.17, 15) is 30.8 Å². The molecule has 170 valence electrons. The van der Waals surface area contributed by atoms with E-state index in [0.29, 0.717) is 0 Å². The summed E-state index contributed by atoms with van der Waals surface area (Å²) in [4.78, 5) is 11.7. The Morgan fingerprint density at radius 3 is 2.22 bits per heavy atom. The Labute approximate surface area is 196 Å². The van der Waals surface area contributed by atoms with E-state index in [-0.39, 0.29) is 19.7 Å². The molecule has 1 amide bonds. The molecule has 1 aromatic heterocycles. The maximum Gasteiger partial charge on any atom is 0.435 e. The van der Waals surface area contributed by atoms with Crippen molar-refractivity contribution in [3.63, 3.8) is 0 Å². The summed E-state index contributed by atoms with van der Waals surface area (Å²) in [7, 11) is -4.82. The number of halogens is 8. The van der Waals surface area contributed by atoms with Crippen molar-refractivity contribution in [3.8, 4) is 5.69 Å². The van der Waals surface area contributed by atoms with E-state index in [1.165, 1.54) is 4.72 Å². The summed E-state index contributed by atoms with van der Waals surface area (Å²) >= 11 is 22.8. The molecule has 16 heteroatoms. The molecule has 1 N–H and O–H groups in total. The van der Waals surface area contributed by atoms with Crippen molar-refractivity contribution in [3.05, 3.63) is 67.6 Å². The summed E-state index contributed by atoms with van der Waals surface area (Å²) in [5.74, 6) is -3.00. The molecule has 0 fully saturated rings. The largest absolute Gasteiger partial charge is 0.435 e. The first-order chi connectivity index (χ1) is 14.7. The normalized spacial score (nSPS) is 12.1. The molecule has 0 atom stereocenters. The average molecular weight is 552 g/mol. The van der Waals surface area contributed by atoms with Crippen LogP contribution in [0.1, 0.15) is 16.2 Å². The Balaban J connectivity index is 2.08. The van der Waals surface area contributed by atoms with Gasteiger partial charge in [-0.1, -0.05) is 51.6 Å². The fourth-order valence-electron chi connectivity index (χ4n) is 2.45. The molecule has 0 unspecified atom stereocenters. The Morgan fingerprint density at radius 2 is 1.62 bits per heavy atom. The van der Waals surface area contributed by atoms with Crippen LogP contribution in [0.4, 0.5) is 17.6 Å². The lowest BCUT2D eigenvalue weighted by molar-refractivity contribution is -0.143. The van der Waals surface area contributed by atoms with Crippen LogP contribution in [0.5, 0.6) is 0 Å². The van der Waals surface area contributed by atoms with Gasteiger partial charge in [-0.15, -0.1) is 5.10 Å². The van der Waals surface area contributed by atoms with Crippen LogP contribution in [0.25, 0.3) is 5.69 Å². The summed E-state index contributed by atoms with van der Waals surface area (Å²) in [5, 5.41) is 5.33. The predicted octanol–water partition coefficient (Wildman–Crippen LogP) is 5.16. The van der Waals surface area contributed by atoms with E-state index in [0.717, 1.165) is 30.3 Å². The molecule has 1 heterocycles. The standard InChI is InChI=1S/C16H6Cl4F4N4O3S/c17-6-1-2-11(10(21)3-6)28-14(16(22,23)24)13(25-27-28)15(29)26-32(30,31)12-5-8(19)7(18)4-9(12)20/h1-5H,(H,26,29). The van der Waals surface area contributed by atoms with E-state index >= 15 is 0 Å². The lowest BCUT2D eigenvalue weighted by Gasteiger charge is -2.12. The number of aromatic nitrogens is 3. The number of hydrogen-bond acceptors (Lipinski definition) is 5. The SMILES string of the molecule is O=C(NS(=O)(=O)c1cc(Cl)c(Cl)cc1Cl)c1nnn(-c2ccc(Cl)cc2F)c1C(F)(F)F. The van der Waals surface area contributed by atoms with Crippen LogP contribution in [0.15, 0.2) is 35.2 Å². The maximum absolute atomic E-state index is 14.1. The van der Waals surface area contributed by atoms with Gasteiger partial charge in [-0.05, 0) is 30.3 Å². The first kappa shape index (κ1) is 24.5. The number of carbonyl (C=O) groups is 1. The minimum Gasteiger partial charge on any atom is -0.266 e.